The number of fused-ring (bicyclic) bond motifs is 2. The van der Waals surface area contributed by atoms with Gasteiger partial charge in [-0.1, -0.05) is 11.6 Å². The number of benzene rings is 1. The van der Waals surface area contributed by atoms with Gasteiger partial charge >= 0.3 is 11.9 Å². The van der Waals surface area contributed by atoms with Crippen molar-refractivity contribution in [2.75, 3.05) is 13.7 Å². The van der Waals surface area contributed by atoms with E-state index >= 15 is 0 Å². The van der Waals surface area contributed by atoms with Crippen molar-refractivity contribution < 1.29 is 23.9 Å². The van der Waals surface area contributed by atoms with E-state index in [1.165, 1.54) is 7.11 Å². The van der Waals surface area contributed by atoms with E-state index in [0.717, 1.165) is 19.3 Å². The third kappa shape index (κ3) is 3.18. The van der Waals surface area contributed by atoms with E-state index in [1.807, 2.05) is 0 Å². The average molecular weight is 351 g/mol. The van der Waals surface area contributed by atoms with Gasteiger partial charge in [-0.05, 0) is 55.4 Å². The largest absolute Gasteiger partial charge is 0.469 e. The summed E-state index contributed by atoms with van der Waals surface area (Å²) < 4.78 is 10.1. The second kappa shape index (κ2) is 6.93. The minimum absolute atomic E-state index is 0.150. The first-order valence-corrected chi connectivity index (χ1v) is 8.42. The molecule has 24 heavy (non-hydrogen) atoms. The van der Waals surface area contributed by atoms with Gasteiger partial charge in [0.15, 0.2) is 12.4 Å². The van der Waals surface area contributed by atoms with Gasteiger partial charge in [-0.2, -0.15) is 0 Å². The summed E-state index contributed by atoms with van der Waals surface area (Å²) in [7, 11) is 1.33. The summed E-state index contributed by atoms with van der Waals surface area (Å²) in [6, 6.07) is 6.40. The smallest absolute Gasteiger partial charge is 0.310 e. The summed E-state index contributed by atoms with van der Waals surface area (Å²) in [6.07, 6.45) is 2.71. The first-order chi connectivity index (χ1) is 11.5. The summed E-state index contributed by atoms with van der Waals surface area (Å²) >= 11 is 5.79. The lowest BCUT2D eigenvalue weighted by Gasteiger charge is -2.27. The minimum atomic E-state index is -0.491. The van der Waals surface area contributed by atoms with Gasteiger partial charge in [0.25, 0.3) is 0 Å². The van der Waals surface area contributed by atoms with Gasteiger partial charge in [0.2, 0.25) is 0 Å². The molecule has 0 amide bonds. The molecule has 0 spiro atoms. The number of Topliss-reactive ketones (excluding diaryl/α,β-unsaturated/α-hetero) is 1. The number of ether oxygens (including phenoxy) is 2. The first kappa shape index (κ1) is 17.0. The molecule has 0 heterocycles. The van der Waals surface area contributed by atoms with Crippen LogP contribution in [0, 0.1) is 23.7 Å². The van der Waals surface area contributed by atoms with Crippen molar-refractivity contribution in [3.63, 3.8) is 0 Å². The zero-order valence-electron chi connectivity index (χ0n) is 13.4. The molecule has 1 aromatic carbocycles. The summed E-state index contributed by atoms with van der Waals surface area (Å²) in [5.41, 5.74) is 0.435. The van der Waals surface area contributed by atoms with E-state index in [2.05, 4.69) is 0 Å². The van der Waals surface area contributed by atoms with Gasteiger partial charge < -0.3 is 9.47 Å². The maximum Gasteiger partial charge on any atom is 0.310 e. The fraction of sp³-hybridized carbons (Fsp3) is 0.500. The Bertz CT molecular complexity index is 654. The molecule has 6 heteroatoms. The molecule has 1 aromatic rings. The van der Waals surface area contributed by atoms with Gasteiger partial charge in [-0.15, -0.1) is 0 Å². The summed E-state index contributed by atoms with van der Waals surface area (Å²) in [5, 5.41) is 0.534. The summed E-state index contributed by atoms with van der Waals surface area (Å²) in [6.45, 7) is -0.331. The predicted octanol–water partition coefficient (Wildman–Crippen LogP) is 2.90. The van der Waals surface area contributed by atoms with Crippen LogP contribution in [0.1, 0.15) is 29.6 Å². The molecule has 0 radical (unpaired) electrons. The second-order valence-corrected chi connectivity index (χ2v) is 6.88. The molecular formula is C18H19ClO5. The van der Waals surface area contributed by atoms with Crippen molar-refractivity contribution in [1.82, 2.24) is 0 Å². The van der Waals surface area contributed by atoms with E-state index < -0.39 is 17.8 Å². The number of carbonyl (C=O) groups excluding carboxylic acids is 3. The number of esters is 2. The first-order valence-electron chi connectivity index (χ1n) is 8.04. The highest BCUT2D eigenvalue weighted by Gasteiger charge is 2.55. The lowest BCUT2D eigenvalue weighted by Crippen LogP contribution is -2.37. The number of halogens is 1. The Balaban J connectivity index is 1.63. The lowest BCUT2D eigenvalue weighted by atomic mass is 9.79. The highest BCUT2D eigenvalue weighted by Crippen LogP contribution is 2.53. The third-order valence-electron chi connectivity index (χ3n) is 5.17. The average Bonchev–Trinajstić information content (AvgIpc) is 3.20. The molecule has 2 aliphatic rings. The van der Waals surface area contributed by atoms with Crippen LogP contribution in [0.3, 0.4) is 0 Å². The van der Waals surface area contributed by atoms with Crippen LogP contribution in [0.2, 0.25) is 5.02 Å². The Morgan fingerprint density at radius 2 is 1.62 bits per heavy atom. The van der Waals surface area contributed by atoms with E-state index in [0.29, 0.717) is 10.6 Å². The van der Waals surface area contributed by atoms with Crippen LogP contribution in [0.4, 0.5) is 0 Å². The topological polar surface area (TPSA) is 69.7 Å². The molecule has 0 N–H and O–H groups in total. The van der Waals surface area contributed by atoms with E-state index in [1.54, 1.807) is 24.3 Å². The Kier molecular flexibility index (Phi) is 4.90. The molecule has 5 nitrogen and oxygen atoms in total. The highest BCUT2D eigenvalue weighted by atomic mass is 35.5. The van der Waals surface area contributed by atoms with Gasteiger partial charge in [0.05, 0.1) is 18.9 Å². The van der Waals surface area contributed by atoms with Crippen LogP contribution in [0.25, 0.3) is 0 Å². The van der Waals surface area contributed by atoms with Crippen LogP contribution in [0.5, 0.6) is 0 Å². The number of ketones is 1. The van der Waals surface area contributed by atoms with Crippen molar-refractivity contribution in [1.29, 1.82) is 0 Å². The molecule has 0 aromatic heterocycles. The van der Waals surface area contributed by atoms with Gasteiger partial charge in [0.1, 0.15) is 0 Å². The molecule has 2 aliphatic carbocycles. The fourth-order valence-electron chi connectivity index (χ4n) is 4.06. The highest BCUT2D eigenvalue weighted by molar-refractivity contribution is 6.30. The van der Waals surface area contributed by atoms with Gasteiger partial charge in [-0.3, -0.25) is 14.4 Å². The number of hydrogen-bond acceptors (Lipinski definition) is 5. The number of carbonyl (C=O) groups is 3. The molecular weight excluding hydrogens is 332 g/mol. The Hall–Kier alpha value is -1.88. The van der Waals surface area contributed by atoms with Crippen molar-refractivity contribution in [3.8, 4) is 0 Å². The predicted molar refractivity (Wildman–Crippen MR) is 86.6 cm³/mol. The standard InChI is InChI=1S/C18H19ClO5/c1-23-17(21)15-11-2-3-12(8-11)16(15)18(22)24-9-14(20)10-4-6-13(19)7-5-10/h4-7,11-12,15-16H,2-3,8-9H2,1H3/t11-,12-,15-,16-/m1/s1. The van der Waals surface area contributed by atoms with Crippen LogP contribution in [-0.2, 0) is 19.1 Å². The maximum absolute atomic E-state index is 12.5. The zero-order valence-corrected chi connectivity index (χ0v) is 14.1. The van der Waals surface area contributed by atoms with E-state index in [4.69, 9.17) is 21.1 Å². The molecule has 0 unspecified atom stereocenters. The van der Waals surface area contributed by atoms with Crippen molar-refractivity contribution >= 4 is 29.3 Å². The number of hydrogen-bond donors (Lipinski definition) is 0. The van der Waals surface area contributed by atoms with Crippen molar-refractivity contribution in [2.24, 2.45) is 23.7 Å². The molecule has 3 rings (SSSR count). The van der Waals surface area contributed by atoms with Crippen LogP contribution < -0.4 is 0 Å². The Morgan fingerprint density at radius 1 is 1.04 bits per heavy atom. The molecule has 0 aliphatic heterocycles. The lowest BCUT2D eigenvalue weighted by molar-refractivity contribution is -0.161. The van der Waals surface area contributed by atoms with Gasteiger partial charge in [0, 0.05) is 10.6 Å². The molecule has 2 fully saturated rings. The molecule has 2 bridgehead atoms. The number of methoxy groups -OCH3 is 1. The van der Waals surface area contributed by atoms with Crippen molar-refractivity contribution in [2.45, 2.75) is 19.3 Å². The molecule has 4 atom stereocenters. The molecule has 2 saturated carbocycles. The maximum atomic E-state index is 12.5. The Morgan fingerprint density at radius 3 is 2.21 bits per heavy atom. The third-order valence-corrected chi connectivity index (χ3v) is 5.43. The van der Waals surface area contributed by atoms with E-state index in [9.17, 15) is 14.4 Å². The van der Waals surface area contributed by atoms with E-state index in [-0.39, 0.29) is 30.2 Å². The Labute approximate surface area is 145 Å². The molecule has 128 valence electrons. The zero-order chi connectivity index (χ0) is 17.3. The summed E-state index contributed by atoms with van der Waals surface area (Å²) in [5.74, 6) is -1.71. The van der Waals surface area contributed by atoms with Crippen LogP contribution >= 0.6 is 11.6 Å². The minimum Gasteiger partial charge on any atom is -0.469 e. The monoisotopic (exact) mass is 350 g/mol. The summed E-state index contributed by atoms with van der Waals surface area (Å²) in [4.78, 5) is 36.5. The number of rotatable bonds is 5. The van der Waals surface area contributed by atoms with Crippen molar-refractivity contribution in [3.05, 3.63) is 34.9 Å². The van der Waals surface area contributed by atoms with Crippen LogP contribution in [-0.4, -0.2) is 31.4 Å². The van der Waals surface area contributed by atoms with Gasteiger partial charge in [-0.25, -0.2) is 0 Å². The van der Waals surface area contributed by atoms with Crippen LogP contribution in [0.15, 0.2) is 24.3 Å². The molecule has 0 saturated heterocycles. The normalized spacial score (nSPS) is 27.8. The second-order valence-electron chi connectivity index (χ2n) is 6.45. The fourth-order valence-corrected chi connectivity index (χ4v) is 4.18. The SMILES string of the molecule is COC(=O)[C@@H]1[C@@H]2CC[C@H](C2)[C@H]1C(=O)OCC(=O)c1ccc(Cl)cc1. The quantitative estimate of drug-likeness (QED) is 0.603.